The minimum atomic E-state index is -0.105. The minimum Gasteiger partial charge on any atom is -0.497 e. The summed E-state index contributed by atoms with van der Waals surface area (Å²) in [6.45, 7) is 4.04. The van der Waals surface area contributed by atoms with Crippen LogP contribution in [0.2, 0.25) is 0 Å². The van der Waals surface area contributed by atoms with Gasteiger partial charge in [-0.25, -0.2) is 4.79 Å². The van der Waals surface area contributed by atoms with Gasteiger partial charge >= 0.3 is 6.03 Å². The Morgan fingerprint density at radius 3 is 2.35 bits per heavy atom. The maximum Gasteiger partial charge on any atom is 0.319 e. The first-order valence-corrected chi connectivity index (χ1v) is 9.34. The third kappa shape index (κ3) is 4.57. The molecule has 0 heterocycles. The summed E-state index contributed by atoms with van der Waals surface area (Å²) in [5.74, 6) is 1.47. The Balaban J connectivity index is 1.50. The Kier molecular flexibility index (Phi) is 5.82. The van der Waals surface area contributed by atoms with Crippen LogP contribution < -0.4 is 15.4 Å². The lowest BCUT2D eigenvalue weighted by Crippen LogP contribution is -2.40. The molecule has 0 aromatic heterocycles. The summed E-state index contributed by atoms with van der Waals surface area (Å²) in [6, 6.07) is 14.6. The second kappa shape index (κ2) is 8.26. The van der Waals surface area contributed by atoms with Crippen molar-refractivity contribution in [3.8, 4) is 5.75 Å². The van der Waals surface area contributed by atoms with Crippen LogP contribution in [0, 0.1) is 13.8 Å². The van der Waals surface area contributed by atoms with Gasteiger partial charge in [0.15, 0.2) is 0 Å². The van der Waals surface area contributed by atoms with Crippen molar-refractivity contribution in [3.63, 3.8) is 0 Å². The Morgan fingerprint density at radius 1 is 1.00 bits per heavy atom. The van der Waals surface area contributed by atoms with Crippen LogP contribution in [-0.2, 0) is 0 Å². The Morgan fingerprint density at radius 2 is 1.69 bits per heavy atom. The zero-order chi connectivity index (χ0) is 18.5. The van der Waals surface area contributed by atoms with Gasteiger partial charge in [0.2, 0.25) is 0 Å². The van der Waals surface area contributed by atoms with Crippen LogP contribution in [-0.4, -0.2) is 19.2 Å². The molecule has 0 unspecified atom stereocenters. The molecule has 3 rings (SSSR count). The van der Waals surface area contributed by atoms with Crippen molar-refractivity contribution in [2.24, 2.45) is 0 Å². The standard InChI is InChI=1S/C22H28N2O2/c1-15-4-5-16(2)21(14-15)24-22(25)23-19-10-6-17(7-11-19)18-8-12-20(26-3)13-9-18/h4-5,8-9,12-14,17,19H,6-7,10-11H2,1-3H3,(H2,23,24,25). The van der Waals surface area contributed by atoms with E-state index in [1.807, 2.05) is 38.1 Å². The van der Waals surface area contributed by atoms with E-state index >= 15 is 0 Å². The van der Waals surface area contributed by atoms with Crippen LogP contribution in [0.4, 0.5) is 10.5 Å². The van der Waals surface area contributed by atoms with Crippen molar-refractivity contribution in [3.05, 3.63) is 59.2 Å². The molecular weight excluding hydrogens is 324 g/mol. The summed E-state index contributed by atoms with van der Waals surface area (Å²) in [5, 5.41) is 6.12. The van der Waals surface area contributed by atoms with Gasteiger partial charge in [-0.3, -0.25) is 0 Å². The van der Waals surface area contributed by atoms with Crippen LogP contribution in [0.1, 0.15) is 48.3 Å². The van der Waals surface area contributed by atoms with Gasteiger partial charge in [-0.1, -0.05) is 24.3 Å². The molecular formula is C22H28N2O2. The molecule has 0 radical (unpaired) electrons. The van der Waals surface area contributed by atoms with E-state index in [4.69, 9.17) is 4.74 Å². The fourth-order valence-corrected chi connectivity index (χ4v) is 3.66. The average molecular weight is 352 g/mol. The fourth-order valence-electron chi connectivity index (χ4n) is 3.66. The Bertz CT molecular complexity index is 747. The van der Waals surface area contributed by atoms with E-state index in [1.54, 1.807) is 7.11 Å². The van der Waals surface area contributed by atoms with Gasteiger partial charge in [0.1, 0.15) is 5.75 Å². The normalized spacial score (nSPS) is 19.7. The number of carbonyl (C=O) groups excluding carboxylic acids is 1. The number of amides is 2. The second-order valence-electron chi connectivity index (χ2n) is 7.24. The van der Waals surface area contributed by atoms with E-state index < -0.39 is 0 Å². The summed E-state index contributed by atoms with van der Waals surface area (Å²) >= 11 is 0. The summed E-state index contributed by atoms with van der Waals surface area (Å²) < 4.78 is 5.23. The average Bonchev–Trinajstić information content (AvgIpc) is 2.65. The van der Waals surface area contributed by atoms with Crippen LogP contribution >= 0.6 is 0 Å². The SMILES string of the molecule is COc1ccc(C2CCC(NC(=O)Nc3cc(C)ccc3C)CC2)cc1. The number of anilines is 1. The predicted molar refractivity (Wildman–Crippen MR) is 106 cm³/mol. The molecule has 4 heteroatoms. The fraction of sp³-hybridized carbons (Fsp3) is 0.409. The molecule has 26 heavy (non-hydrogen) atoms. The van der Waals surface area contributed by atoms with Crippen LogP contribution in [0.3, 0.4) is 0 Å². The highest BCUT2D eigenvalue weighted by atomic mass is 16.5. The second-order valence-corrected chi connectivity index (χ2v) is 7.24. The third-order valence-electron chi connectivity index (χ3n) is 5.29. The van der Waals surface area contributed by atoms with Crippen molar-refractivity contribution < 1.29 is 9.53 Å². The van der Waals surface area contributed by atoms with E-state index in [9.17, 15) is 4.79 Å². The first-order chi connectivity index (χ1) is 12.5. The van der Waals surface area contributed by atoms with Crippen molar-refractivity contribution in [1.82, 2.24) is 5.32 Å². The van der Waals surface area contributed by atoms with E-state index in [-0.39, 0.29) is 12.1 Å². The minimum absolute atomic E-state index is 0.105. The third-order valence-corrected chi connectivity index (χ3v) is 5.29. The van der Waals surface area contributed by atoms with Gasteiger partial charge in [0.25, 0.3) is 0 Å². The summed E-state index contributed by atoms with van der Waals surface area (Å²) in [7, 11) is 1.69. The number of hydrogen-bond acceptors (Lipinski definition) is 2. The zero-order valence-electron chi connectivity index (χ0n) is 15.8. The molecule has 1 saturated carbocycles. The largest absolute Gasteiger partial charge is 0.497 e. The first-order valence-electron chi connectivity index (χ1n) is 9.34. The van der Waals surface area contributed by atoms with E-state index in [1.165, 1.54) is 5.56 Å². The quantitative estimate of drug-likeness (QED) is 0.798. The number of rotatable bonds is 4. The Labute approximate surface area is 156 Å². The highest BCUT2D eigenvalue weighted by Crippen LogP contribution is 2.33. The van der Waals surface area contributed by atoms with Crippen molar-refractivity contribution in [1.29, 1.82) is 0 Å². The highest BCUT2D eigenvalue weighted by Gasteiger charge is 2.23. The lowest BCUT2D eigenvalue weighted by molar-refractivity contribution is 0.242. The number of benzene rings is 2. The number of aryl methyl sites for hydroxylation is 2. The van der Waals surface area contributed by atoms with Crippen molar-refractivity contribution in [2.75, 3.05) is 12.4 Å². The van der Waals surface area contributed by atoms with Crippen LogP contribution in [0.15, 0.2) is 42.5 Å². The molecule has 4 nitrogen and oxygen atoms in total. The summed E-state index contributed by atoms with van der Waals surface area (Å²) in [4.78, 5) is 12.3. The van der Waals surface area contributed by atoms with Crippen molar-refractivity contribution >= 4 is 11.7 Å². The molecule has 1 aliphatic rings. The smallest absolute Gasteiger partial charge is 0.319 e. The molecule has 2 amide bonds. The molecule has 0 aliphatic heterocycles. The lowest BCUT2D eigenvalue weighted by Gasteiger charge is -2.29. The van der Waals surface area contributed by atoms with E-state index in [0.717, 1.165) is 48.2 Å². The van der Waals surface area contributed by atoms with Gasteiger partial charge < -0.3 is 15.4 Å². The zero-order valence-corrected chi connectivity index (χ0v) is 15.8. The maximum absolute atomic E-state index is 12.3. The van der Waals surface area contributed by atoms with E-state index in [2.05, 4.69) is 28.8 Å². The maximum atomic E-state index is 12.3. The molecule has 138 valence electrons. The Hall–Kier alpha value is -2.49. The van der Waals surface area contributed by atoms with Crippen LogP contribution in [0.25, 0.3) is 0 Å². The lowest BCUT2D eigenvalue weighted by atomic mass is 9.82. The molecule has 0 atom stereocenters. The number of carbonyl (C=O) groups is 1. The monoisotopic (exact) mass is 352 g/mol. The van der Waals surface area contributed by atoms with Gasteiger partial charge in [-0.15, -0.1) is 0 Å². The number of methoxy groups -OCH3 is 1. The van der Waals surface area contributed by atoms with Gasteiger partial charge in [0, 0.05) is 11.7 Å². The van der Waals surface area contributed by atoms with Crippen LogP contribution in [0.5, 0.6) is 5.75 Å². The van der Waals surface area contributed by atoms with Gasteiger partial charge in [-0.2, -0.15) is 0 Å². The molecule has 1 aliphatic carbocycles. The predicted octanol–water partition coefficient (Wildman–Crippen LogP) is 5.16. The summed E-state index contributed by atoms with van der Waals surface area (Å²) in [6.07, 6.45) is 4.22. The van der Waals surface area contributed by atoms with Gasteiger partial charge in [0.05, 0.1) is 7.11 Å². The number of hydrogen-bond donors (Lipinski definition) is 2. The van der Waals surface area contributed by atoms with E-state index in [0.29, 0.717) is 5.92 Å². The van der Waals surface area contributed by atoms with Crippen molar-refractivity contribution in [2.45, 2.75) is 51.5 Å². The van der Waals surface area contributed by atoms with Gasteiger partial charge in [-0.05, 0) is 80.3 Å². The number of urea groups is 1. The topological polar surface area (TPSA) is 50.4 Å². The molecule has 0 spiro atoms. The molecule has 0 bridgehead atoms. The molecule has 0 saturated heterocycles. The number of nitrogens with one attached hydrogen (secondary N) is 2. The molecule has 2 aromatic rings. The molecule has 1 fully saturated rings. The first kappa shape index (κ1) is 18.3. The highest BCUT2D eigenvalue weighted by molar-refractivity contribution is 5.90. The number of ether oxygens (including phenoxy) is 1. The molecule has 2 N–H and O–H groups in total. The summed E-state index contributed by atoms with van der Waals surface area (Å²) in [5.41, 5.74) is 4.47. The molecule has 2 aromatic carbocycles.